The molecule has 1 aliphatic rings. The van der Waals surface area contributed by atoms with Crippen LogP contribution in [0.5, 0.6) is 0 Å². The Kier molecular flexibility index (Phi) is 4.53. The summed E-state index contributed by atoms with van der Waals surface area (Å²) in [6.45, 7) is 6.60. The molecule has 0 saturated carbocycles. The first-order valence-corrected chi connectivity index (χ1v) is 6.17. The van der Waals surface area contributed by atoms with Gasteiger partial charge in [0.05, 0.1) is 30.6 Å². The Morgan fingerprint density at radius 1 is 1.53 bits per heavy atom. The highest BCUT2D eigenvalue weighted by Gasteiger charge is 2.17. The van der Waals surface area contributed by atoms with Crippen LogP contribution in [0.3, 0.4) is 0 Å². The fourth-order valence-corrected chi connectivity index (χ4v) is 1.91. The van der Waals surface area contributed by atoms with Gasteiger partial charge in [-0.05, 0) is 6.92 Å². The topological polar surface area (TPSA) is 50.3 Å². The first-order chi connectivity index (χ1) is 8.25. The number of nitrogens with zero attached hydrogens (tertiary/aromatic N) is 3. The van der Waals surface area contributed by atoms with E-state index < -0.39 is 0 Å². The number of hydrogen-bond donors (Lipinski definition) is 1. The van der Waals surface area contributed by atoms with E-state index in [1.54, 1.807) is 12.4 Å². The van der Waals surface area contributed by atoms with Crippen molar-refractivity contribution in [2.75, 3.05) is 38.2 Å². The minimum Gasteiger partial charge on any atom is -0.379 e. The maximum Gasteiger partial charge on any atom is 0.222 e. The molecule has 0 amide bonds. The zero-order valence-electron chi connectivity index (χ0n) is 9.90. The predicted octanol–water partition coefficient (Wildman–Crippen LogP) is 1.26. The van der Waals surface area contributed by atoms with Crippen LogP contribution in [-0.4, -0.2) is 53.8 Å². The highest BCUT2D eigenvalue weighted by Crippen LogP contribution is 2.07. The third kappa shape index (κ3) is 3.80. The van der Waals surface area contributed by atoms with E-state index in [1.165, 1.54) is 0 Å². The van der Waals surface area contributed by atoms with Crippen LogP contribution in [0.2, 0.25) is 5.02 Å². The smallest absolute Gasteiger partial charge is 0.222 e. The molecule has 94 valence electrons. The van der Waals surface area contributed by atoms with E-state index >= 15 is 0 Å². The fraction of sp³-hybridized carbons (Fsp3) is 0.636. The van der Waals surface area contributed by atoms with Crippen molar-refractivity contribution in [2.24, 2.45) is 0 Å². The summed E-state index contributed by atoms with van der Waals surface area (Å²) in [4.78, 5) is 10.6. The number of nitrogens with one attached hydrogen (secondary N) is 1. The summed E-state index contributed by atoms with van der Waals surface area (Å²) >= 11 is 5.71. The molecular weight excluding hydrogens is 240 g/mol. The van der Waals surface area contributed by atoms with E-state index in [4.69, 9.17) is 16.3 Å². The molecule has 1 N–H and O–H groups in total. The average Bonchev–Trinajstić information content (AvgIpc) is 2.34. The molecule has 0 bridgehead atoms. The Morgan fingerprint density at radius 3 is 3.00 bits per heavy atom. The lowest BCUT2D eigenvalue weighted by Gasteiger charge is -2.33. The molecule has 17 heavy (non-hydrogen) atoms. The minimum atomic E-state index is 0.483. The van der Waals surface area contributed by atoms with Crippen LogP contribution < -0.4 is 5.32 Å². The number of hydrogen-bond acceptors (Lipinski definition) is 5. The van der Waals surface area contributed by atoms with Gasteiger partial charge in [-0.15, -0.1) is 0 Å². The Morgan fingerprint density at radius 2 is 2.29 bits per heavy atom. The summed E-state index contributed by atoms with van der Waals surface area (Å²) in [6.07, 6.45) is 3.18. The maximum absolute atomic E-state index is 5.71. The standard InChI is InChI=1S/C11H17ClN4O/c1-9-8-17-5-4-16(9)3-2-13-11-14-6-10(12)7-15-11/h6-7,9H,2-5,8H2,1H3,(H,13,14,15). The van der Waals surface area contributed by atoms with E-state index in [9.17, 15) is 0 Å². The zero-order valence-corrected chi connectivity index (χ0v) is 10.7. The molecule has 0 spiro atoms. The zero-order chi connectivity index (χ0) is 12.1. The van der Waals surface area contributed by atoms with Crippen LogP contribution in [0.25, 0.3) is 0 Å². The molecule has 1 atom stereocenters. The third-order valence-corrected chi connectivity index (χ3v) is 3.00. The SMILES string of the molecule is CC1COCCN1CCNc1ncc(Cl)cn1. The van der Waals surface area contributed by atoms with Crippen LogP contribution in [0, 0.1) is 0 Å². The molecule has 2 rings (SSSR count). The lowest BCUT2D eigenvalue weighted by molar-refractivity contribution is 0.00180. The highest BCUT2D eigenvalue weighted by atomic mass is 35.5. The second-order valence-corrected chi connectivity index (χ2v) is 4.55. The fourth-order valence-electron chi connectivity index (χ4n) is 1.81. The van der Waals surface area contributed by atoms with Crippen LogP contribution in [0.4, 0.5) is 5.95 Å². The maximum atomic E-state index is 5.71. The average molecular weight is 257 g/mol. The number of anilines is 1. The van der Waals surface area contributed by atoms with Gasteiger partial charge in [0.2, 0.25) is 5.95 Å². The molecule has 6 heteroatoms. The van der Waals surface area contributed by atoms with Gasteiger partial charge in [-0.2, -0.15) is 0 Å². The van der Waals surface area contributed by atoms with Gasteiger partial charge in [0.1, 0.15) is 0 Å². The van der Waals surface area contributed by atoms with Gasteiger partial charge >= 0.3 is 0 Å². The minimum absolute atomic E-state index is 0.483. The van der Waals surface area contributed by atoms with Gasteiger partial charge in [-0.25, -0.2) is 9.97 Å². The van der Waals surface area contributed by atoms with E-state index in [-0.39, 0.29) is 0 Å². The first-order valence-electron chi connectivity index (χ1n) is 5.79. The highest BCUT2D eigenvalue weighted by molar-refractivity contribution is 6.30. The number of aromatic nitrogens is 2. The van der Waals surface area contributed by atoms with Gasteiger partial charge in [0.25, 0.3) is 0 Å². The van der Waals surface area contributed by atoms with E-state index in [0.29, 0.717) is 17.0 Å². The van der Waals surface area contributed by atoms with Crippen molar-refractivity contribution in [1.82, 2.24) is 14.9 Å². The molecule has 1 aromatic rings. The van der Waals surface area contributed by atoms with Gasteiger partial charge in [0.15, 0.2) is 0 Å². The van der Waals surface area contributed by atoms with E-state index in [2.05, 4.69) is 27.1 Å². The number of rotatable bonds is 4. The Balaban J connectivity index is 1.73. The predicted molar refractivity (Wildman–Crippen MR) is 67.4 cm³/mol. The van der Waals surface area contributed by atoms with Gasteiger partial charge in [-0.1, -0.05) is 11.6 Å². The molecule has 5 nitrogen and oxygen atoms in total. The molecule has 1 unspecified atom stereocenters. The Bertz CT molecular complexity index is 346. The second kappa shape index (κ2) is 6.14. The van der Waals surface area contributed by atoms with Crippen LogP contribution in [-0.2, 0) is 4.74 Å². The van der Waals surface area contributed by atoms with Crippen LogP contribution in [0.1, 0.15) is 6.92 Å². The summed E-state index contributed by atoms with van der Waals surface area (Å²) in [5.41, 5.74) is 0. The first kappa shape index (κ1) is 12.5. The molecular formula is C11H17ClN4O. The number of halogens is 1. The molecule has 1 saturated heterocycles. The lowest BCUT2D eigenvalue weighted by Crippen LogP contribution is -2.45. The van der Waals surface area contributed by atoms with Crippen molar-refractivity contribution >= 4 is 17.5 Å². The molecule has 2 heterocycles. The molecule has 1 aromatic heterocycles. The Labute approximate surface area is 106 Å². The van der Waals surface area contributed by atoms with Crippen molar-refractivity contribution in [3.8, 4) is 0 Å². The van der Waals surface area contributed by atoms with Crippen molar-refractivity contribution in [1.29, 1.82) is 0 Å². The lowest BCUT2D eigenvalue weighted by atomic mass is 10.2. The monoisotopic (exact) mass is 256 g/mol. The molecule has 0 aliphatic carbocycles. The van der Waals surface area contributed by atoms with Crippen molar-refractivity contribution in [2.45, 2.75) is 13.0 Å². The Hall–Kier alpha value is -0.910. The number of morpholine rings is 1. The summed E-state index contributed by atoms with van der Waals surface area (Å²) < 4.78 is 5.39. The third-order valence-electron chi connectivity index (χ3n) is 2.81. The van der Waals surface area contributed by atoms with Crippen molar-refractivity contribution in [3.63, 3.8) is 0 Å². The van der Waals surface area contributed by atoms with Crippen LogP contribution in [0.15, 0.2) is 12.4 Å². The van der Waals surface area contributed by atoms with Crippen LogP contribution >= 0.6 is 11.6 Å². The second-order valence-electron chi connectivity index (χ2n) is 4.11. The summed E-state index contributed by atoms with van der Waals surface area (Å²) in [7, 11) is 0. The quantitative estimate of drug-likeness (QED) is 0.879. The van der Waals surface area contributed by atoms with E-state index in [0.717, 1.165) is 32.8 Å². The molecule has 0 aromatic carbocycles. The van der Waals surface area contributed by atoms with Gasteiger partial charge < -0.3 is 10.1 Å². The summed E-state index contributed by atoms with van der Waals surface area (Å²) in [5.74, 6) is 0.621. The van der Waals surface area contributed by atoms with E-state index in [1.807, 2.05) is 0 Å². The number of ether oxygens (including phenoxy) is 1. The molecule has 1 aliphatic heterocycles. The summed E-state index contributed by atoms with van der Waals surface area (Å²) in [5, 5.41) is 3.73. The molecule has 0 radical (unpaired) electrons. The van der Waals surface area contributed by atoms with Gasteiger partial charge in [0, 0.05) is 25.7 Å². The van der Waals surface area contributed by atoms with Gasteiger partial charge in [-0.3, -0.25) is 4.90 Å². The van der Waals surface area contributed by atoms with Crippen molar-refractivity contribution in [3.05, 3.63) is 17.4 Å². The largest absolute Gasteiger partial charge is 0.379 e. The van der Waals surface area contributed by atoms with Crippen molar-refractivity contribution < 1.29 is 4.74 Å². The summed E-state index contributed by atoms with van der Waals surface area (Å²) in [6, 6.07) is 0.483. The normalized spacial score (nSPS) is 21.4. The molecule has 1 fully saturated rings.